The Morgan fingerprint density at radius 1 is 0.935 bits per heavy atom. The van der Waals surface area contributed by atoms with Crippen molar-refractivity contribution in [2.24, 2.45) is 0 Å². The van der Waals surface area contributed by atoms with Crippen LogP contribution in [-0.4, -0.2) is 34.5 Å². The zero-order valence-electron chi connectivity index (χ0n) is 17.5. The standard InChI is InChI=1S/C25H27N3O3/c29-24(27-18-10-4-2-1-3-5-11-18)17-31-25(30)20-16-23(22-14-8-9-15-26-22)28-21-13-7-6-12-19(20)21/h6-9,12-16,18H,1-5,10-11,17H2,(H,27,29). The number of pyridine rings is 2. The van der Waals surface area contributed by atoms with Gasteiger partial charge < -0.3 is 10.1 Å². The summed E-state index contributed by atoms with van der Waals surface area (Å²) in [4.78, 5) is 34.2. The number of hydrogen-bond acceptors (Lipinski definition) is 5. The largest absolute Gasteiger partial charge is 0.452 e. The van der Waals surface area contributed by atoms with E-state index < -0.39 is 5.97 Å². The van der Waals surface area contributed by atoms with Crippen LogP contribution in [0.1, 0.15) is 55.3 Å². The fraction of sp³-hybridized carbons (Fsp3) is 0.360. The molecule has 1 aliphatic carbocycles. The van der Waals surface area contributed by atoms with Crippen LogP contribution in [0, 0.1) is 0 Å². The summed E-state index contributed by atoms with van der Waals surface area (Å²) in [6.45, 7) is -0.287. The molecule has 1 aromatic carbocycles. The van der Waals surface area contributed by atoms with E-state index >= 15 is 0 Å². The predicted octanol–water partition coefficient (Wildman–Crippen LogP) is 4.68. The molecular formula is C25H27N3O3. The first-order chi connectivity index (χ1) is 15.2. The quantitative estimate of drug-likeness (QED) is 0.610. The number of benzene rings is 1. The molecule has 2 aromatic heterocycles. The number of carbonyl (C=O) groups is 2. The summed E-state index contributed by atoms with van der Waals surface area (Å²) in [6.07, 6.45) is 9.63. The van der Waals surface area contributed by atoms with Crippen LogP contribution < -0.4 is 5.32 Å². The lowest BCUT2D eigenvalue weighted by Gasteiger charge is -2.21. The summed E-state index contributed by atoms with van der Waals surface area (Å²) < 4.78 is 5.39. The fourth-order valence-corrected chi connectivity index (χ4v) is 4.07. The van der Waals surface area contributed by atoms with Gasteiger partial charge in [-0.3, -0.25) is 9.78 Å². The molecule has 1 fully saturated rings. The molecule has 0 spiro atoms. The normalized spacial score (nSPS) is 15.1. The molecule has 0 atom stereocenters. The molecule has 1 saturated carbocycles. The third-order valence-corrected chi connectivity index (χ3v) is 5.67. The second-order valence-corrected chi connectivity index (χ2v) is 7.97. The van der Waals surface area contributed by atoms with Gasteiger partial charge in [0.2, 0.25) is 0 Å². The number of carbonyl (C=O) groups excluding carboxylic acids is 2. The van der Waals surface area contributed by atoms with E-state index in [1.807, 2.05) is 42.5 Å². The summed E-state index contributed by atoms with van der Waals surface area (Å²) in [5, 5.41) is 3.72. The van der Waals surface area contributed by atoms with Gasteiger partial charge in [0, 0.05) is 17.6 Å². The molecule has 2 heterocycles. The van der Waals surface area contributed by atoms with Crippen molar-refractivity contribution >= 4 is 22.8 Å². The van der Waals surface area contributed by atoms with Crippen LogP contribution in [0.4, 0.5) is 0 Å². The number of nitrogens with zero attached hydrogens (tertiary/aromatic N) is 2. The van der Waals surface area contributed by atoms with Gasteiger partial charge in [0.15, 0.2) is 6.61 Å². The highest BCUT2D eigenvalue weighted by Gasteiger charge is 2.18. The molecule has 0 radical (unpaired) electrons. The lowest BCUT2D eigenvalue weighted by Crippen LogP contribution is -2.38. The summed E-state index contributed by atoms with van der Waals surface area (Å²) in [7, 11) is 0. The summed E-state index contributed by atoms with van der Waals surface area (Å²) in [5.41, 5.74) is 2.32. The maximum Gasteiger partial charge on any atom is 0.339 e. The second-order valence-electron chi connectivity index (χ2n) is 7.97. The third kappa shape index (κ3) is 5.45. The smallest absolute Gasteiger partial charge is 0.339 e. The maximum absolute atomic E-state index is 12.9. The Morgan fingerprint density at radius 3 is 2.45 bits per heavy atom. The number of esters is 1. The molecule has 3 aromatic rings. The molecule has 1 aliphatic rings. The predicted molar refractivity (Wildman–Crippen MR) is 120 cm³/mol. The Balaban J connectivity index is 1.47. The zero-order valence-corrected chi connectivity index (χ0v) is 17.5. The Kier molecular flexibility index (Phi) is 6.87. The molecule has 0 saturated heterocycles. The first-order valence-electron chi connectivity index (χ1n) is 11.0. The molecule has 6 heteroatoms. The number of fused-ring (bicyclic) bond motifs is 1. The zero-order chi connectivity index (χ0) is 21.5. The van der Waals surface area contributed by atoms with Gasteiger partial charge >= 0.3 is 5.97 Å². The molecule has 160 valence electrons. The Bertz CT molecular complexity index is 1040. The van der Waals surface area contributed by atoms with Crippen molar-refractivity contribution in [1.82, 2.24) is 15.3 Å². The van der Waals surface area contributed by atoms with Crippen molar-refractivity contribution in [3.8, 4) is 11.4 Å². The second kappa shape index (κ2) is 10.2. The van der Waals surface area contributed by atoms with E-state index in [-0.39, 0.29) is 18.6 Å². The summed E-state index contributed by atoms with van der Waals surface area (Å²) >= 11 is 0. The van der Waals surface area contributed by atoms with Gasteiger partial charge in [0.25, 0.3) is 5.91 Å². The van der Waals surface area contributed by atoms with Gasteiger partial charge in [-0.05, 0) is 37.1 Å². The van der Waals surface area contributed by atoms with Crippen molar-refractivity contribution < 1.29 is 14.3 Å². The Labute approximate surface area is 182 Å². The minimum atomic E-state index is -0.538. The molecule has 4 rings (SSSR count). The van der Waals surface area contributed by atoms with Gasteiger partial charge in [0.05, 0.1) is 22.5 Å². The average molecular weight is 418 g/mol. The van der Waals surface area contributed by atoms with Crippen LogP contribution in [0.15, 0.2) is 54.7 Å². The van der Waals surface area contributed by atoms with Crippen molar-refractivity contribution in [3.63, 3.8) is 0 Å². The minimum absolute atomic E-state index is 0.170. The molecule has 31 heavy (non-hydrogen) atoms. The minimum Gasteiger partial charge on any atom is -0.452 e. The van der Waals surface area contributed by atoms with E-state index in [2.05, 4.69) is 15.3 Å². The molecule has 1 N–H and O–H groups in total. The Morgan fingerprint density at radius 2 is 1.68 bits per heavy atom. The molecule has 0 aliphatic heterocycles. The van der Waals surface area contributed by atoms with Crippen LogP contribution in [0.5, 0.6) is 0 Å². The van der Waals surface area contributed by atoms with Crippen LogP contribution >= 0.6 is 0 Å². The van der Waals surface area contributed by atoms with Gasteiger partial charge in [-0.25, -0.2) is 9.78 Å². The summed E-state index contributed by atoms with van der Waals surface area (Å²) in [5.74, 6) is -0.786. The van der Waals surface area contributed by atoms with Gasteiger partial charge in [-0.2, -0.15) is 0 Å². The van der Waals surface area contributed by atoms with Crippen molar-refractivity contribution in [3.05, 3.63) is 60.3 Å². The van der Waals surface area contributed by atoms with Crippen LogP contribution in [0.3, 0.4) is 0 Å². The number of rotatable bonds is 5. The SMILES string of the molecule is O=C(COC(=O)c1cc(-c2ccccn2)nc2ccccc12)NC1CCCCCCC1. The highest BCUT2D eigenvalue weighted by molar-refractivity contribution is 6.05. The van der Waals surface area contributed by atoms with E-state index in [0.29, 0.717) is 27.9 Å². The highest BCUT2D eigenvalue weighted by atomic mass is 16.5. The van der Waals surface area contributed by atoms with Crippen molar-refractivity contribution in [2.75, 3.05) is 6.61 Å². The fourth-order valence-electron chi connectivity index (χ4n) is 4.07. The third-order valence-electron chi connectivity index (χ3n) is 5.67. The van der Waals surface area contributed by atoms with Gasteiger partial charge in [-0.15, -0.1) is 0 Å². The maximum atomic E-state index is 12.9. The molecule has 1 amide bonds. The van der Waals surface area contributed by atoms with Crippen LogP contribution in [0.2, 0.25) is 0 Å². The molecular weight excluding hydrogens is 390 g/mol. The lowest BCUT2D eigenvalue weighted by molar-refractivity contribution is -0.125. The average Bonchev–Trinajstić information content (AvgIpc) is 2.79. The molecule has 0 bridgehead atoms. The number of nitrogens with one attached hydrogen (secondary N) is 1. The number of aromatic nitrogens is 2. The van der Waals surface area contributed by atoms with E-state index in [9.17, 15) is 9.59 Å². The lowest BCUT2D eigenvalue weighted by atomic mass is 9.97. The van der Waals surface area contributed by atoms with Gasteiger partial charge in [-0.1, -0.05) is 56.4 Å². The van der Waals surface area contributed by atoms with E-state index in [0.717, 1.165) is 25.7 Å². The number of para-hydroxylation sites is 1. The number of hydrogen-bond donors (Lipinski definition) is 1. The number of amides is 1. The first kappa shape index (κ1) is 21.0. The first-order valence-corrected chi connectivity index (χ1v) is 11.0. The molecule has 0 unspecified atom stereocenters. The Hall–Kier alpha value is -3.28. The van der Waals surface area contributed by atoms with Crippen LogP contribution in [-0.2, 0) is 9.53 Å². The van der Waals surface area contributed by atoms with Gasteiger partial charge in [0.1, 0.15) is 0 Å². The topological polar surface area (TPSA) is 81.2 Å². The van der Waals surface area contributed by atoms with E-state index in [1.54, 1.807) is 12.3 Å². The van der Waals surface area contributed by atoms with E-state index in [1.165, 1.54) is 19.3 Å². The number of ether oxygens (including phenoxy) is 1. The van der Waals surface area contributed by atoms with Crippen LogP contribution in [0.25, 0.3) is 22.3 Å². The van der Waals surface area contributed by atoms with E-state index in [4.69, 9.17) is 4.74 Å². The monoisotopic (exact) mass is 417 g/mol. The van der Waals surface area contributed by atoms with Crippen molar-refractivity contribution in [1.29, 1.82) is 0 Å². The highest BCUT2D eigenvalue weighted by Crippen LogP contribution is 2.24. The molecule has 6 nitrogen and oxygen atoms in total. The summed E-state index contributed by atoms with van der Waals surface area (Å²) in [6, 6.07) is 14.8. The van der Waals surface area contributed by atoms with Crippen molar-refractivity contribution in [2.45, 2.75) is 51.0 Å².